The van der Waals surface area contributed by atoms with Crippen LogP contribution in [0.25, 0.3) is 10.4 Å². The van der Waals surface area contributed by atoms with Crippen LogP contribution in [0.5, 0.6) is 0 Å². The van der Waals surface area contributed by atoms with Crippen LogP contribution in [-0.4, -0.2) is 131 Å². The quantitative estimate of drug-likeness (QED) is 0.0341. The number of carbonyl (C=O) groups excluding carboxylic acids is 1. The average molecular weight is 889 g/mol. The second kappa shape index (κ2) is 21.4. The lowest BCUT2D eigenvalue weighted by molar-refractivity contribution is -0.312. The van der Waals surface area contributed by atoms with Gasteiger partial charge in [0.1, 0.15) is 17.8 Å². The summed E-state index contributed by atoms with van der Waals surface area (Å²) in [5.41, 5.74) is 4.97. The minimum Gasteiger partial charge on any atom is -0.459 e. The molecule has 7 unspecified atom stereocenters. The van der Waals surface area contributed by atoms with Gasteiger partial charge in [-0.25, -0.2) is 0 Å². The molecule has 0 aromatic rings. The fourth-order valence-corrected chi connectivity index (χ4v) is 10.3. The lowest BCUT2D eigenvalue weighted by Crippen LogP contribution is -2.59. The molecule has 17 heteroatoms. The van der Waals surface area contributed by atoms with Gasteiger partial charge in [-0.1, -0.05) is 58.2 Å². The molecule has 358 valence electrons. The van der Waals surface area contributed by atoms with E-state index in [1.54, 1.807) is 34.6 Å². The smallest absolute Gasteiger partial charge is 0.311 e. The molecule has 3 aliphatic heterocycles. The first-order chi connectivity index (χ1) is 29.8. The second-order valence-corrected chi connectivity index (χ2v) is 20.5. The summed E-state index contributed by atoms with van der Waals surface area (Å²) in [6.07, 6.45) is -5.18. The zero-order chi connectivity index (χ0) is 47.9. The lowest BCUT2D eigenvalue weighted by atomic mass is 9.73. The van der Waals surface area contributed by atoms with Gasteiger partial charge in [0, 0.05) is 48.5 Å². The van der Waals surface area contributed by atoms with Crippen molar-refractivity contribution >= 4 is 11.7 Å². The molecule has 4 aliphatic rings. The third-order valence-electron chi connectivity index (χ3n) is 13.8. The Hall–Kier alpha value is -2.15. The van der Waals surface area contributed by atoms with Crippen molar-refractivity contribution in [3.63, 3.8) is 0 Å². The number of cyclic esters (lactones) is 1. The number of azide groups is 1. The Labute approximate surface area is 372 Å². The van der Waals surface area contributed by atoms with Crippen molar-refractivity contribution in [1.82, 2.24) is 0 Å². The fraction of sp³-hybridized carbons (Fsp3) is 0.956. The number of nitrogens with zero attached hydrogens (tertiary/aromatic N) is 4. The number of hydrogen-bond donors (Lipinski definition) is 5. The van der Waals surface area contributed by atoms with E-state index in [4.69, 9.17) is 51.5 Å². The highest BCUT2D eigenvalue weighted by molar-refractivity contribution is 5.88. The molecule has 0 spiro atoms. The number of ether oxygens (including phenoxy) is 6. The van der Waals surface area contributed by atoms with Crippen LogP contribution in [0.2, 0.25) is 0 Å². The van der Waals surface area contributed by atoms with Gasteiger partial charge in [-0.3, -0.25) is 4.79 Å². The Kier molecular flexibility index (Phi) is 17.0. The van der Waals surface area contributed by atoms with E-state index in [1.165, 1.54) is 6.92 Å². The van der Waals surface area contributed by atoms with E-state index in [1.807, 2.05) is 48.5 Å². The molecular formula is C45H80N4O13. The van der Waals surface area contributed by atoms with Crippen LogP contribution in [0.4, 0.5) is 0 Å². The molecule has 4 rings (SSSR count). The van der Waals surface area contributed by atoms with Crippen LogP contribution in [-0.2, 0) is 38.1 Å². The highest BCUT2D eigenvalue weighted by Gasteiger charge is 2.53. The van der Waals surface area contributed by atoms with Crippen molar-refractivity contribution in [3.8, 4) is 0 Å². The molecule has 17 atom stereocenters. The number of esters is 1. The van der Waals surface area contributed by atoms with Crippen molar-refractivity contribution in [2.75, 3.05) is 6.54 Å². The molecule has 0 aromatic heterocycles. The van der Waals surface area contributed by atoms with Crippen LogP contribution in [0.15, 0.2) is 10.3 Å². The Morgan fingerprint density at radius 3 is 2.21 bits per heavy atom. The summed E-state index contributed by atoms with van der Waals surface area (Å²) in [5, 5.41) is 56.3. The molecule has 0 amide bonds. The van der Waals surface area contributed by atoms with Crippen molar-refractivity contribution < 1.29 is 63.6 Å². The summed E-state index contributed by atoms with van der Waals surface area (Å²) in [6.45, 7) is 23.1. The van der Waals surface area contributed by atoms with E-state index in [2.05, 4.69) is 10.0 Å². The maximum absolute atomic E-state index is 14.6. The van der Waals surface area contributed by atoms with E-state index in [-0.39, 0.29) is 43.9 Å². The molecule has 1 aliphatic carbocycles. The molecule has 17 nitrogen and oxygen atoms in total. The zero-order valence-electron chi connectivity index (χ0n) is 41.5. The first-order valence-corrected chi connectivity index (χ1v) is 23.0. The van der Waals surface area contributed by atoms with Gasteiger partial charge in [-0.05, 0) is 97.4 Å². The monoisotopic (exact) mass is 889 g/mol. The maximum atomic E-state index is 14.6. The van der Waals surface area contributed by atoms with Gasteiger partial charge in [0.05, 0.1) is 60.0 Å². The minimum absolute atomic E-state index is 0.0377. The van der Waals surface area contributed by atoms with Gasteiger partial charge in [-0.15, -0.1) is 0 Å². The zero-order valence-corrected chi connectivity index (χ0v) is 39.5. The largest absolute Gasteiger partial charge is 0.459 e. The Balaban J connectivity index is 1.93. The predicted molar refractivity (Wildman–Crippen MR) is 230 cm³/mol. The number of aliphatic hydroxyl groups is 5. The minimum atomic E-state index is -2.13. The van der Waals surface area contributed by atoms with Crippen LogP contribution in [0, 0.1) is 35.0 Å². The van der Waals surface area contributed by atoms with Gasteiger partial charge in [0.25, 0.3) is 0 Å². The molecule has 4 fully saturated rings. The summed E-state index contributed by atoms with van der Waals surface area (Å²) >= 11 is 0. The van der Waals surface area contributed by atoms with E-state index in [0.29, 0.717) is 25.0 Å². The third-order valence-corrected chi connectivity index (χ3v) is 13.8. The Morgan fingerprint density at radius 2 is 1.61 bits per heavy atom. The highest BCUT2D eigenvalue weighted by atomic mass is 16.8. The van der Waals surface area contributed by atoms with E-state index in [9.17, 15) is 25.6 Å². The van der Waals surface area contributed by atoms with E-state index in [0.717, 1.165) is 19.3 Å². The van der Waals surface area contributed by atoms with E-state index < -0.39 is 107 Å². The van der Waals surface area contributed by atoms with Crippen LogP contribution < -0.4 is 0 Å². The van der Waals surface area contributed by atoms with Crippen LogP contribution in [0.1, 0.15) is 148 Å². The fourth-order valence-electron chi connectivity index (χ4n) is 10.3. The van der Waals surface area contributed by atoms with Gasteiger partial charge >= 0.3 is 5.97 Å². The van der Waals surface area contributed by atoms with Crippen molar-refractivity contribution in [2.24, 2.45) is 45.3 Å². The summed E-state index contributed by atoms with van der Waals surface area (Å²) < 4.78 is 54.6. The SMILES string of the molecule is [3H]OC1C(C)CC(C)OC1O[C@@H]1[C@@H](C)[C@H](OC2CC(C)(C)C(O[3H])C(C)O2)[C@@H](C)C(=O)O[C@H](CCN=[N+]=[N-])[C@@](C)(O)[C@H](O)[C@@H](C)/C(=N\OC2(OC(C)C)CCCCC2)[C@H](C)C[C@@]1(C)O. The molecular weight excluding hydrogens is 805 g/mol. The predicted octanol–water partition coefficient (Wildman–Crippen LogP) is 6.29. The number of rotatable bonds is 13. The average Bonchev–Trinajstić information content (AvgIpc) is 3.19. The molecule has 0 aromatic carbocycles. The van der Waals surface area contributed by atoms with Gasteiger partial charge in [0.15, 0.2) is 12.6 Å². The Morgan fingerprint density at radius 1 is 0.935 bits per heavy atom. The lowest BCUT2D eigenvalue weighted by Gasteiger charge is -2.48. The molecule has 3 heterocycles. The maximum Gasteiger partial charge on any atom is 0.311 e. The van der Waals surface area contributed by atoms with Crippen molar-refractivity contribution in [2.45, 2.75) is 232 Å². The highest BCUT2D eigenvalue weighted by Crippen LogP contribution is 2.43. The Bertz CT molecular complexity index is 1580. The summed E-state index contributed by atoms with van der Waals surface area (Å²) in [6, 6.07) is 0. The number of hydrogen-bond acceptors (Lipinski definition) is 15. The normalized spacial score (nSPS) is 44.6. The molecule has 62 heavy (non-hydrogen) atoms. The molecule has 3 saturated heterocycles. The molecule has 5 N–H and O–H groups in total. The third kappa shape index (κ3) is 12.6. The first-order valence-electron chi connectivity index (χ1n) is 23.8. The molecule has 0 radical (unpaired) electrons. The van der Waals surface area contributed by atoms with Crippen molar-refractivity contribution in [3.05, 3.63) is 10.4 Å². The number of oxime groups is 1. The topological polar surface area (TPSA) is 244 Å². The number of carbonyl (C=O) groups is 1. The second-order valence-electron chi connectivity index (χ2n) is 20.5. The molecule has 1 saturated carbocycles. The van der Waals surface area contributed by atoms with Gasteiger partial charge in [0.2, 0.25) is 8.65 Å². The first kappa shape index (κ1) is 49.3. The van der Waals surface area contributed by atoms with Crippen LogP contribution >= 0.6 is 0 Å². The van der Waals surface area contributed by atoms with Crippen LogP contribution in [0.3, 0.4) is 0 Å². The standard InChI is InChI=1S/C45H80N4O13/c1-24(2)61-45(18-15-14-16-19-45)62-48-34-26(4)22-43(12,54)39(60-41-35(50)25(3)21-27(5)56-41)29(7)36(59-33-23-42(10,11)38(52)31(9)57-33)30(8)40(53)58-32(17-20-47-49-46)44(13,55)37(51)28(34)6/h24-33,35-39,41,50-52,54-55H,14-23H2,1-13H3/b48-34-/t25?,26-,27?,28+,29+,30-,31?,32-,33?,35?,36+,37-,38?,39-,41?,43-,44-/m1/s1/i50T,52T. The molecule has 0 bridgehead atoms. The van der Waals surface area contributed by atoms with Gasteiger partial charge < -0.3 is 58.8 Å². The summed E-state index contributed by atoms with van der Waals surface area (Å²) in [5.74, 6) is -5.59. The van der Waals surface area contributed by atoms with Gasteiger partial charge in [-0.2, -0.15) is 0 Å². The van der Waals surface area contributed by atoms with E-state index >= 15 is 0 Å². The summed E-state index contributed by atoms with van der Waals surface area (Å²) in [7, 11) is 0. The van der Waals surface area contributed by atoms with Crippen molar-refractivity contribution in [1.29, 1.82) is 2.86 Å². The number of aliphatic hydroxyl groups excluding tert-OH is 3. The summed E-state index contributed by atoms with van der Waals surface area (Å²) in [4.78, 5) is 23.9.